The van der Waals surface area contributed by atoms with Crippen LogP contribution >= 0.6 is 0 Å². The summed E-state index contributed by atoms with van der Waals surface area (Å²) < 4.78 is 50.5. The average molecular weight is 568 g/mol. The van der Waals surface area contributed by atoms with Crippen molar-refractivity contribution in [2.75, 3.05) is 24.7 Å². The summed E-state index contributed by atoms with van der Waals surface area (Å²) in [5, 5.41) is 7.60. The highest BCUT2D eigenvalue weighted by molar-refractivity contribution is 6.10. The van der Waals surface area contributed by atoms with Gasteiger partial charge in [0.25, 0.3) is 5.91 Å². The largest absolute Gasteiger partial charge is 0.462 e. The van der Waals surface area contributed by atoms with Crippen LogP contribution in [0, 0.1) is 5.41 Å². The Bertz CT molecular complexity index is 1480. The van der Waals surface area contributed by atoms with E-state index in [9.17, 15) is 27.6 Å². The van der Waals surface area contributed by atoms with Crippen LogP contribution in [0.1, 0.15) is 61.6 Å². The monoisotopic (exact) mass is 567 g/mol. The van der Waals surface area contributed by atoms with Crippen molar-refractivity contribution in [1.29, 1.82) is 5.41 Å². The van der Waals surface area contributed by atoms with Gasteiger partial charge in [-0.1, -0.05) is 36.4 Å². The van der Waals surface area contributed by atoms with Crippen LogP contribution in [0.3, 0.4) is 0 Å². The number of halogens is 3. The van der Waals surface area contributed by atoms with Crippen molar-refractivity contribution < 1.29 is 37.0 Å². The summed E-state index contributed by atoms with van der Waals surface area (Å²) in [4.78, 5) is 39.9. The summed E-state index contributed by atoms with van der Waals surface area (Å²) in [6, 6.07) is 14.7. The topological polar surface area (TPSA) is 123 Å². The van der Waals surface area contributed by atoms with Gasteiger partial charge < -0.3 is 20.1 Å². The molecule has 8 nitrogen and oxygen atoms in total. The van der Waals surface area contributed by atoms with E-state index >= 15 is 0 Å². The minimum absolute atomic E-state index is 0.00521. The van der Waals surface area contributed by atoms with E-state index in [0.29, 0.717) is 11.1 Å². The summed E-state index contributed by atoms with van der Waals surface area (Å²) in [7, 11) is 0. The lowest BCUT2D eigenvalue weighted by molar-refractivity contribution is -0.137. The molecule has 0 aliphatic carbocycles. The van der Waals surface area contributed by atoms with Gasteiger partial charge in [0, 0.05) is 23.4 Å². The number of ether oxygens (including phenoxy) is 2. The molecule has 41 heavy (non-hydrogen) atoms. The van der Waals surface area contributed by atoms with E-state index < -0.39 is 29.6 Å². The first-order valence-electron chi connectivity index (χ1n) is 12.5. The van der Waals surface area contributed by atoms with Crippen molar-refractivity contribution in [2.45, 2.75) is 20.0 Å². The van der Waals surface area contributed by atoms with Crippen LogP contribution in [0.2, 0.25) is 0 Å². The van der Waals surface area contributed by atoms with Gasteiger partial charge in [-0.2, -0.15) is 13.2 Å². The molecule has 0 saturated heterocycles. The highest BCUT2D eigenvalue weighted by Crippen LogP contribution is 2.32. The molecule has 1 amide bonds. The number of esters is 2. The van der Waals surface area contributed by atoms with Gasteiger partial charge in [-0.05, 0) is 61.9 Å². The van der Waals surface area contributed by atoms with Crippen LogP contribution in [0.5, 0.6) is 0 Å². The number of nitrogen functional groups attached to an aromatic ring is 1. The molecule has 3 rings (SSSR count). The average Bonchev–Trinajstić information content (AvgIpc) is 2.94. The number of rotatable bonds is 10. The minimum atomic E-state index is -4.65. The lowest BCUT2D eigenvalue weighted by atomic mass is 10.0. The maximum atomic E-state index is 13.7. The number of amides is 1. The second-order valence-corrected chi connectivity index (χ2v) is 8.61. The molecule has 0 saturated carbocycles. The molecule has 0 unspecified atom stereocenters. The van der Waals surface area contributed by atoms with Gasteiger partial charge in [-0.3, -0.25) is 10.2 Å². The Balaban J connectivity index is 2.06. The predicted octanol–water partition coefficient (Wildman–Crippen LogP) is 5.70. The van der Waals surface area contributed by atoms with Gasteiger partial charge in [0.05, 0.1) is 29.9 Å². The minimum Gasteiger partial charge on any atom is -0.462 e. The standard InChI is InChI=1S/C30H28F3N3O5/c1-3-40-28(38)24-14-13-21(17-25(24)29(39)41-4-2)27(37)36(23-12-6-11-22(18-23)30(31,32)33)15-7-9-19-8-5-10-20(16-19)26(34)35/h5-14,16-18H,3-4,15H2,1-2H3,(H3,34,35). The third-order valence-corrected chi connectivity index (χ3v) is 5.78. The number of nitrogens with zero attached hydrogens (tertiary/aromatic N) is 1. The number of nitrogens with two attached hydrogens (primary N) is 1. The van der Waals surface area contributed by atoms with Gasteiger partial charge in [-0.15, -0.1) is 0 Å². The fourth-order valence-corrected chi connectivity index (χ4v) is 3.86. The molecule has 3 aromatic rings. The van der Waals surface area contributed by atoms with Crippen molar-refractivity contribution in [2.24, 2.45) is 5.73 Å². The first-order chi connectivity index (χ1) is 19.5. The van der Waals surface area contributed by atoms with Crippen LogP contribution in [0.4, 0.5) is 18.9 Å². The Hall–Kier alpha value is -4.93. The Labute approximate surface area is 234 Å². The van der Waals surface area contributed by atoms with Gasteiger partial charge in [0.1, 0.15) is 5.84 Å². The first kappa shape index (κ1) is 30.6. The summed E-state index contributed by atoms with van der Waals surface area (Å²) in [6.45, 7) is 3.07. The number of carbonyl (C=O) groups excluding carboxylic acids is 3. The van der Waals surface area contributed by atoms with Crippen LogP contribution in [-0.2, 0) is 15.7 Å². The van der Waals surface area contributed by atoms with Gasteiger partial charge in [0.15, 0.2) is 0 Å². The van der Waals surface area contributed by atoms with Gasteiger partial charge in [-0.25, -0.2) is 9.59 Å². The molecular weight excluding hydrogens is 539 g/mol. The van der Waals surface area contributed by atoms with Crippen molar-refractivity contribution in [3.63, 3.8) is 0 Å². The van der Waals surface area contributed by atoms with E-state index in [0.717, 1.165) is 23.1 Å². The first-order valence-corrected chi connectivity index (χ1v) is 12.5. The highest BCUT2D eigenvalue weighted by Gasteiger charge is 2.31. The number of benzene rings is 3. The normalized spacial score (nSPS) is 11.2. The quantitative estimate of drug-likeness (QED) is 0.184. The molecule has 3 aromatic carbocycles. The molecule has 0 radical (unpaired) electrons. The van der Waals surface area contributed by atoms with Crippen molar-refractivity contribution in [3.05, 3.63) is 106 Å². The number of amidine groups is 1. The second kappa shape index (κ2) is 13.4. The van der Waals surface area contributed by atoms with Gasteiger partial charge in [0.2, 0.25) is 0 Å². The predicted molar refractivity (Wildman–Crippen MR) is 148 cm³/mol. The molecule has 0 spiro atoms. The molecule has 0 aromatic heterocycles. The van der Waals surface area contributed by atoms with Crippen LogP contribution in [0.15, 0.2) is 72.8 Å². The molecule has 0 aliphatic heterocycles. The number of hydrogen-bond acceptors (Lipinski definition) is 6. The maximum Gasteiger partial charge on any atom is 0.416 e. The fraction of sp³-hybridized carbons (Fsp3) is 0.200. The zero-order valence-corrected chi connectivity index (χ0v) is 22.3. The third-order valence-electron chi connectivity index (χ3n) is 5.78. The molecule has 0 bridgehead atoms. The Kier molecular flexibility index (Phi) is 10.0. The number of anilines is 1. The third kappa shape index (κ3) is 7.81. The van der Waals surface area contributed by atoms with E-state index in [1.54, 1.807) is 50.3 Å². The molecule has 11 heteroatoms. The van der Waals surface area contributed by atoms with E-state index in [1.165, 1.54) is 24.3 Å². The zero-order chi connectivity index (χ0) is 30.2. The van der Waals surface area contributed by atoms with E-state index in [4.69, 9.17) is 20.6 Å². The number of nitrogens with one attached hydrogen (secondary N) is 1. The summed E-state index contributed by atoms with van der Waals surface area (Å²) >= 11 is 0. The smallest absolute Gasteiger partial charge is 0.416 e. The molecule has 214 valence electrons. The lowest BCUT2D eigenvalue weighted by Gasteiger charge is -2.23. The summed E-state index contributed by atoms with van der Waals surface area (Å²) in [5.74, 6) is -2.52. The second-order valence-electron chi connectivity index (χ2n) is 8.61. The van der Waals surface area contributed by atoms with Crippen molar-refractivity contribution >= 4 is 35.4 Å². The number of hydrogen-bond donors (Lipinski definition) is 2. The molecule has 0 aliphatic rings. The number of carbonyl (C=O) groups is 3. The Morgan fingerprint density at radius 3 is 2.17 bits per heavy atom. The molecule has 0 heterocycles. The van der Waals surface area contributed by atoms with E-state index in [1.807, 2.05) is 0 Å². The maximum absolute atomic E-state index is 13.7. The van der Waals surface area contributed by atoms with Crippen LogP contribution in [0.25, 0.3) is 6.08 Å². The van der Waals surface area contributed by atoms with E-state index in [2.05, 4.69) is 0 Å². The zero-order valence-electron chi connectivity index (χ0n) is 22.3. The van der Waals surface area contributed by atoms with Gasteiger partial charge >= 0.3 is 18.1 Å². The highest BCUT2D eigenvalue weighted by atomic mass is 19.4. The summed E-state index contributed by atoms with van der Waals surface area (Å²) in [6.07, 6.45) is -1.45. The molecular formula is C30H28F3N3O5. The molecule has 3 N–H and O–H groups in total. The van der Waals surface area contributed by atoms with Crippen molar-refractivity contribution in [3.8, 4) is 0 Å². The Morgan fingerprint density at radius 2 is 1.54 bits per heavy atom. The van der Waals surface area contributed by atoms with Crippen LogP contribution in [-0.4, -0.2) is 43.4 Å². The van der Waals surface area contributed by atoms with Crippen molar-refractivity contribution in [1.82, 2.24) is 0 Å². The SMILES string of the molecule is CCOC(=O)c1ccc(C(=O)N(CC=Cc2cccc(C(=N)N)c2)c2cccc(C(F)(F)F)c2)cc1C(=O)OCC. The van der Waals surface area contributed by atoms with Crippen LogP contribution < -0.4 is 10.6 Å². The fourth-order valence-electron chi connectivity index (χ4n) is 3.86. The van der Waals surface area contributed by atoms with E-state index in [-0.39, 0.29) is 48.0 Å². The summed E-state index contributed by atoms with van der Waals surface area (Å²) in [5.41, 5.74) is 5.29. The molecule has 0 fully saturated rings. The number of alkyl halides is 3. The lowest BCUT2D eigenvalue weighted by Crippen LogP contribution is -2.31. The molecule has 0 atom stereocenters. The Morgan fingerprint density at radius 1 is 0.878 bits per heavy atom.